The fraction of sp³-hybridized carbons (Fsp3) is 0.364. The standard InChI is InChI=1S/C22H27N3O2/c1-25(16-17-6-3-2-4-7-17)15-5-14-23-21(26)18-10-12-20(13-11-18)24-22(27)19-8-9-19/h2-4,6-7,10-13,19H,5,8-9,14-16H2,1H3,(H,23,26)(H,24,27). The van der Waals surface area contributed by atoms with Crippen LogP contribution >= 0.6 is 0 Å². The van der Waals surface area contributed by atoms with Crippen LogP contribution in [-0.2, 0) is 11.3 Å². The SMILES string of the molecule is CN(CCCNC(=O)c1ccc(NC(=O)C2CC2)cc1)Cc1ccccc1. The molecule has 142 valence electrons. The number of nitrogens with zero attached hydrogens (tertiary/aromatic N) is 1. The summed E-state index contributed by atoms with van der Waals surface area (Å²) in [4.78, 5) is 26.2. The van der Waals surface area contributed by atoms with Gasteiger partial charge in [-0.2, -0.15) is 0 Å². The molecule has 27 heavy (non-hydrogen) atoms. The van der Waals surface area contributed by atoms with Gasteiger partial charge in [0.15, 0.2) is 0 Å². The summed E-state index contributed by atoms with van der Waals surface area (Å²) in [7, 11) is 2.09. The maximum Gasteiger partial charge on any atom is 0.251 e. The van der Waals surface area contributed by atoms with E-state index in [1.807, 2.05) is 18.2 Å². The van der Waals surface area contributed by atoms with E-state index in [-0.39, 0.29) is 17.7 Å². The molecule has 2 N–H and O–H groups in total. The lowest BCUT2D eigenvalue weighted by Gasteiger charge is -2.16. The number of carbonyl (C=O) groups is 2. The van der Waals surface area contributed by atoms with Gasteiger partial charge in [0, 0.05) is 30.3 Å². The Hall–Kier alpha value is -2.66. The number of anilines is 1. The van der Waals surface area contributed by atoms with Crippen LogP contribution in [0.5, 0.6) is 0 Å². The van der Waals surface area contributed by atoms with E-state index in [1.165, 1.54) is 5.56 Å². The maximum atomic E-state index is 12.2. The zero-order valence-corrected chi connectivity index (χ0v) is 15.8. The molecular formula is C22H27N3O2. The van der Waals surface area contributed by atoms with E-state index in [1.54, 1.807) is 24.3 Å². The minimum Gasteiger partial charge on any atom is -0.352 e. The first-order valence-electron chi connectivity index (χ1n) is 9.53. The van der Waals surface area contributed by atoms with Crippen molar-refractivity contribution >= 4 is 17.5 Å². The molecular weight excluding hydrogens is 338 g/mol. The summed E-state index contributed by atoms with van der Waals surface area (Å²) in [6.07, 6.45) is 2.85. The Morgan fingerprint density at radius 1 is 1.04 bits per heavy atom. The summed E-state index contributed by atoms with van der Waals surface area (Å²) in [5, 5.41) is 5.83. The van der Waals surface area contributed by atoms with Gasteiger partial charge >= 0.3 is 0 Å². The van der Waals surface area contributed by atoms with Crippen molar-refractivity contribution in [2.75, 3.05) is 25.5 Å². The summed E-state index contributed by atoms with van der Waals surface area (Å²) in [5.41, 5.74) is 2.64. The van der Waals surface area contributed by atoms with Crippen molar-refractivity contribution in [3.8, 4) is 0 Å². The van der Waals surface area contributed by atoms with Crippen LogP contribution in [0.15, 0.2) is 54.6 Å². The predicted molar refractivity (Wildman–Crippen MR) is 108 cm³/mol. The van der Waals surface area contributed by atoms with E-state index in [2.05, 4.69) is 34.7 Å². The molecule has 0 bridgehead atoms. The van der Waals surface area contributed by atoms with E-state index >= 15 is 0 Å². The van der Waals surface area contributed by atoms with Crippen LogP contribution in [0.3, 0.4) is 0 Å². The van der Waals surface area contributed by atoms with Gasteiger partial charge in [-0.3, -0.25) is 9.59 Å². The van der Waals surface area contributed by atoms with Gasteiger partial charge in [-0.05, 0) is 62.7 Å². The van der Waals surface area contributed by atoms with Crippen molar-refractivity contribution in [3.05, 3.63) is 65.7 Å². The van der Waals surface area contributed by atoms with Gasteiger partial charge in [-0.1, -0.05) is 30.3 Å². The largest absolute Gasteiger partial charge is 0.352 e. The highest BCUT2D eigenvalue weighted by molar-refractivity contribution is 5.96. The second-order valence-electron chi connectivity index (χ2n) is 7.17. The van der Waals surface area contributed by atoms with Crippen molar-refractivity contribution in [3.63, 3.8) is 0 Å². The second kappa shape index (κ2) is 9.33. The van der Waals surface area contributed by atoms with E-state index in [0.29, 0.717) is 12.1 Å². The summed E-state index contributed by atoms with van der Waals surface area (Å²) >= 11 is 0. The Balaban J connectivity index is 1.35. The van der Waals surface area contributed by atoms with Gasteiger partial charge in [-0.15, -0.1) is 0 Å². The minimum atomic E-state index is -0.0826. The molecule has 0 unspecified atom stereocenters. The molecule has 3 rings (SSSR count). The first-order chi connectivity index (χ1) is 13.1. The third-order valence-electron chi connectivity index (χ3n) is 4.66. The first kappa shape index (κ1) is 19.1. The van der Waals surface area contributed by atoms with Crippen molar-refractivity contribution in [1.29, 1.82) is 0 Å². The summed E-state index contributed by atoms with van der Waals surface area (Å²) in [5.74, 6) is 0.167. The molecule has 2 amide bonds. The zero-order chi connectivity index (χ0) is 19.1. The maximum absolute atomic E-state index is 12.2. The van der Waals surface area contributed by atoms with E-state index in [0.717, 1.165) is 38.0 Å². The fourth-order valence-electron chi connectivity index (χ4n) is 2.92. The van der Waals surface area contributed by atoms with Gasteiger partial charge in [0.25, 0.3) is 5.91 Å². The number of benzene rings is 2. The Bertz CT molecular complexity index is 755. The van der Waals surface area contributed by atoms with Crippen LogP contribution in [0.1, 0.15) is 35.2 Å². The molecule has 1 fully saturated rings. The van der Waals surface area contributed by atoms with Gasteiger partial charge in [0.1, 0.15) is 0 Å². The van der Waals surface area contributed by atoms with Crippen LogP contribution in [0.25, 0.3) is 0 Å². The van der Waals surface area contributed by atoms with Gasteiger partial charge in [0.2, 0.25) is 5.91 Å². The quantitative estimate of drug-likeness (QED) is 0.671. The van der Waals surface area contributed by atoms with Crippen LogP contribution in [0, 0.1) is 5.92 Å². The molecule has 1 aliphatic rings. The number of carbonyl (C=O) groups excluding carboxylic acids is 2. The number of hydrogen-bond acceptors (Lipinski definition) is 3. The van der Waals surface area contributed by atoms with E-state index < -0.39 is 0 Å². The second-order valence-corrected chi connectivity index (χ2v) is 7.17. The molecule has 0 aliphatic heterocycles. The average Bonchev–Trinajstić information content (AvgIpc) is 3.52. The zero-order valence-electron chi connectivity index (χ0n) is 15.8. The number of amides is 2. The van der Waals surface area contributed by atoms with Gasteiger partial charge < -0.3 is 15.5 Å². The smallest absolute Gasteiger partial charge is 0.251 e. The molecule has 0 saturated heterocycles. The van der Waals surface area contributed by atoms with Crippen molar-refractivity contribution < 1.29 is 9.59 Å². The van der Waals surface area contributed by atoms with Crippen molar-refractivity contribution in [2.24, 2.45) is 5.92 Å². The Labute approximate surface area is 160 Å². The minimum absolute atomic E-state index is 0.0758. The molecule has 2 aromatic carbocycles. The number of hydrogen-bond donors (Lipinski definition) is 2. The fourth-order valence-corrected chi connectivity index (χ4v) is 2.92. The molecule has 1 aliphatic carbocycles. The lowest BCUT2D eigenvalue weighted by atomic mass is 10.2. The molecule has 2 aromatic rings. The average molecular weight is 365 g/mol. The number of nitrogens with one attached hydrogen (secondary N) is 2. The molecule has 1 saturated carbocycles. The van der Waals surface area contributed by atoms with Crippen LogP contribution in [-0.4, -0.2) is 36.9 Å². The van der Waals surface area contributed by atoms with Crippen LogP contribution in [0.4, 0.5) is 5.69 Å². The van der Waals surface area contributed by atoms with Crippen LogP contribution < -0.4 is 10.6 Å². The molecule has 0 aromatic heterocycles. The van der Waals surface area contributed by atoms with Crippen LogP contribution in [0.2, 0.25) is 0 Å². The molecule has 0 heterocycles. The van der Waals surface area contributed by atoms with Gasteiger partial charge in [0.05, 0.1) is 0 Å². The van der Waals surface area contributed by atoms with Gasteiger partial charge in [-0.25, -0.2) is 0 Å². The highest BCUT2D eigenvalue weighted by Crippen LogP contribution is 2.30. The lowest BCUT2D eigenvalue weighted by Crippen LogP contribution is -2.28. The summed E-state index contributed by atoms with van der Waals surface area (Å²) in [6.45, 7) is 2.46. The Kier molecular flexibility index (Phi) is 6.60. The molecule has 0 atom stereocenters. The third kappa shape index (κ3) is 6.22. The molecule has 0 spiro atoms. The topological polar surface area (TPSA) is 61.4 Å². The normalized spacial score (nSPS) is 13.4. The molecule has 5 heteroatoms. The molecule has 5 nitrogen and oxygen atoms in total. The van der Waals surface area contributed by atoms with E-state index in [9.17, 15) is 9.59 Å². The number of rotatable bonds is 9. The van der Waals surface area contributed by atoms with Crippen molar-refractivity contribution in [1.82, 2.24) is 10.2 Å². The Morgan fingerprint density at radius 3 is 2.41 bits per heavy atom. The highest BCUT2D eigenvalue weighted by Gasteiger charge is 2.29. The highest BCUT2D eigenvalue weighted by atomic mass is 16.2. The summed E-state index contributed by atoms with van der Waals surface area (Å²) < 4.78 is 0. The monoisotopic (exact) mass is 365 g/mol. The van der Waals surface area contributed by atoms with E-state index in [4.69, 9.17) is 0 Å². The first-order valence-corrected chi connectivity index (χ1v) is 9.53. The molecule has 0 radical (unpaired) electrons. The van der Waals surface area contributed by atoms with Crippen molar-refractivity contribution in [2.45, 2.75) is 25.8 Å². The predicted octanol–water partition coefficient (Wildman–Crippen LogP) is 3.29. The summed E-state index contributed by atoms with van der Waals surface area (Å²) in [6, 6.07) is 17.4. The Morgan fingerprint density at radius 2 is 1.74 bits per heavy atom. The lowest BCUT2D eigenvalue weighted by molar-refractivity contribution is -0.117. The third-order valence-corrected chi connectivity index (χ3v) is 4.66.